The molecule has 0 spiro atoms. The second-order valence-corrected chi connectivity index (χ2v) is 9.30. The molecule has 2 N–H and O–H groups in total. The lowest BCUT2D eigenvalue weighted by Gasteiger charge is -2.31. The molecule has 35 heavy (non-hydrogen) atoms. The molecule has 0 radical (unpaired) electrons. The van der Waals surface area contributed by atoms with Crippen LogP contribution in [-0.4, -0.2) is 65.0 Å². The van der Waals surface area contributed by atoms with Gasteiger partial charge in [0.25, 0.3) is 0 Å². The maximum Gasteiger partial charge on any atom is 0.248 e. The van der Waals surface area contributed by atoms with Crippen LogP contribution in [0.3, 0.4) is 0 Å². The van der Waals surface area contributed by atoms with Gasteiger partial charge in [0.15, 0.2) is 5.82 Å². The van der Waals surface area contributed by atoms with E-state index < -0.39 is 6.61 Å². The van der Waals surface area contributed by atoms with Crippen molar-refractivity contribution in [1.29, 1.82) is 0 Å². The van der Waals surface area contributed by atoms with Gasteiger partial charge in [0.2, 0.25) is 11.9 Å². The van der Waals surface area contributed by atoms with Crippen molar-refractivity contribution in [3.05, 3.63) is 54.6 Å². The number of hydrogen-bond donors (Lipinski definition) is 2. The summed E-state index contributed by atoms with van der Waals surface area (Å²) in [6, 6.07) is 7.93. The average molecular weight is 475 g/mol. The highest BCUT2D eigenvalue weighted by molar-refractivity contribution is 5.77. The van der Waals surface area contributed by atoms with Crippen molar-refractivity contribution in [2.75, 3.05) is 25.0 Å². The molecule has 4 aromatic rings. The highest BCUT2D eigenvalue weighted by Crippen LogP contribution is 2.26. The highest BCUT2D eigenvalue weighted by Gasteiger charge is 2.22. The zero-order chi connectivity index (χ0) is 24.4. The Morgan fingerprint density at radius 2 is 2.03 bits per heavy atom. The summed E-state index contributed by atoms with van der Waals surface area (Å²) in [5, 5.41) is 21.3. The Bertz CT molecular complexity index is 1320. The monoisotopic (exact) mass is 474 g/mol. The van der Waals surface area contributed by atoms with E-state index in [0.29, 0.717) is 36.7 Å². The smallest absolute Gasteiger partial charge is 0.248 e. The molecule has 1 fully saturated rings. The molecule has 0 atom stereocenters. The molecule has 0 aromatic carbocycles. The fourth-order valence-electron chi connectivity index (χ4n) is 4.56. The second-order valence-electron chi connectivity index (χ2n) is 9.30. The number of aromatic nitrogens is 6. The molecule has 0 aliphatic carbocycles. The lowest BCUT2D eigenvalue weighted by Crippen LogP contribution is -2.40. The van der Waals surface area contributed by atoms with E-state index in [-0.39, 0.29) is 5.91 Å². The van der Waals surface area contributed by atoms with E-state index in [2.05, 4.69) is 40.4 Å². The topological polar surface area (TPSA) is 113 Å². The molecular weight excluding hydrogens is 444 g/mol. The number of aliphatic hydroxyl groups is 1. The van der Waals surface area contributed by atoms with Crippen molar-refractivity contribution < 1.29 is 9.90 Å². The van der Waals surface area contributed by atoms with E-state index in [1.807, 2.05) is 46.0 Å². The lowest BCUT2D eigenvalue weighted by atomic mass is 9.97. The van der Waals surface area contributed by atoms with Crippen molar-refractivity contribution in [2.24, 2.45) is 5.92 Å². The number of pyridine rings is 1. The van der Waals surface area contributed by atoms with Gasteiger partial charge < -0.3 is 15.3 Å². The maximum atomic E-state index is 11.6. The molecule has 0 bridgehead atoms. The van der Waals surface area contributed by atoms with Gasteiger partial charge in [-0.2, -0.15) is 10.2 Å². The molecule has 0 unspecified atom stereocenters. The Morgan fingerprint density at radius 1 is 1.20 bits per heavy atom. The predicted octanol–water partition coefficient (Wildman–Crippen LogP) is 3.09. The first-order valence-corrected chi connectivity index (χ1v) is 12.0. The van der Waals surface area contributed by atoms with E-state index in [1.165, 1.54) is 5.56 Å². The molecule has 5 heterocycles. The third-order valence-corrected chi connectivity index (χ3v) is 6.55. The van der Waals surface area contributed by atoms with Crippen molar-refractivity contribution in [2.45, 2.75) is 39.2 Å². The summed E-state index contributed by atoms with van der Waals surface area (Å²) in [6.45, 7) is 6.06. The molecule has 10 nitrogen and oxygen atoms in total. The van der Waals surface area contributed by atoms with Crippen LogP contribution < -0.4 is 5.32 Å². The quantitative estimate of drug-likeness (QED) is 0.423. The highest BCUT2D eigenvalue weighted by atomic mass is 16.3. The molecule has 0 saturated carbocycles. The molecule has 182 valence electrons. The first kappa shape index (κ1) is 23.0. The number of carbonyl (C=O) groups excluding carboxylic acids is 1. The normalized spacial score (nSPS) is 14.7. The van der Waals surface area contributed by atoms with Crippen molar-refractivity contribution in [3.63, 3.8) is 0 Å². The van der Waals surface area contributed by atoms with Crippen LogP contribution in [0, 0.1) is 5.92 Å². The van der Waals surface area contributed by atoms with Crippen LogP contribution >= 0.6 is 0 Å². The van der Waals surface area contributed by atoms with Crippen LogP contribution in [0.4, 0.5) is 11.8 Å². The van der Waals surface area contributed by atoms with Gasteiger partial charge in [-0.25, -0.2) is 14.5 Å². The zero-order valence-electron chi connectivity index (χ0n) is 20.0. The Morgan fingerprint density at radius 3 is 2.80 bits per heavy atom. The van der Waals surface area contributed by atoms with Crippen molar-refractivity contribution in [1.82, 2.24) is 34.3 Å². The van der Waals surface area contributed by atoms with Gasteiger partial charge in [0.05, 0.1) is 17.4 Å². The minimum absolute atomic E-state index is 0.193. The number of fused-ring (bicyclic) bond motifs is 1. The minimum Gasteiger partial charge on any atom is -0.387 e. The van der Waals surface area contributed by atoms with E-state index in [1.54, 1.807) is 11.1 Å². The Kier molecular flexibility index (Phi) is 6.45. The van der Waals surface area contributed by atoms with Gasteiger partial charge in [-0.05, 0) is 42.9 Å². The Labute approximate surface area is 203 Å². The number of amides is 1. The van der Waals surface area contributed by atoms with Crippen molar-refractivity contribution >= 4 is 23.2 Å². The largest absolute Gasteiger partial charge is 0.387 e. The number of piperidine rings is 1. The summed E-state index contributed by atoms with van der Waals surface area (Å²) >= 11 is 0. The lowest BCUT2D eigenvalue weighted by molar-refractivity contribution is -0.135. The van der Waals surface area contributed by atoms with Gasteiger partial charge in [-0.3, -0.25) is 9.48 Å². The summed E-state index contributed by atoms with van der Waals surface area (Å²) < 4.78 is 3.81. The fraction of sp³-hybridized carbons (Fsp3) is 0.400. The number of nitrogens with zero attached hydrogens (tertiary/aromatic N) is 7. The number of aliphatic hydroxyl groups excluding tert-OH is 1. The first-order valence-electron chi connectivity index (χ1n) is 12.0. The third-order valence-electron chi connectivity index (χ3n) is 6.55. The summed E-state index contributed by atoms with van der Waals surface area (Å²) in [7, 11) is 0. The zero-order valence-corrected chi connectivity index (χ0v) is 20.0. The van der Waals surface area contributed by atoms with E-state index in [4.69, 9.17) is 10.1 Å². The molecule has 1 aliphatic rings. The van der Waals surface area contributed by atoms with E-state index in [0.717, 1.165) is 36.2 Å². The number of rotatable bonds is 7. The molecule has 10 heteroatoms. The van der Waals surface area contributed by atoms with Crippen LogP contribution in [0.2, 0.25) is 0 Å². The fourth-order valence-corrected chi connectivity index (χ4v) is 4.56. The number of anilines is 2. The summed E-state index contributed by atoms with van der Waals surface area (Å²) in [6.07, 6.45) is 9.37. The minimum atomic E-state index is -0.417. The summed E-state index contributed by atoms with van der Waals surface area (Å²) in [4.78, 5) is 22.4. The van der Waals surface area contributed by atoms with E-state index in [9.17, 15) is 4.79 Å². The Balaban J connectivity index is 1.25. The Hall–Kier alpha value is -3.79. The van der Waals surface area contributed by atoms with Gasteiger partial charge in [0.1, 0.15) is 6.61 Å². The second kappa shape index (κ2) is 9.83. The number of nitrogens with one attached hydrogen (secondary N) is 1. The standard InChI is InChI=1S/C25H30N8O2/c1-17(2)20-14-27-33-12-6-19(13-22(20)33)21-3-8-26-25(28-21)29-23-7-11-32(30-23)15-18-4-9-31(10-5-18)24(35)16-34/h3,6-8,11-14,17-18,34H,4-5,9-10,15-16H2,1-2H3,(H,26,28,29,30). The third kappa shape index (κ3) is 5.02. The first-order chi connectivity index (χ1) is 17.0. The molecule has 5 rings (SSSR count). The summed E-state index contributed by atoms with van der Waals surface area (Å²) in [5.41, 5.74) is 4.11. The van der Waals surface area contributed by atoms with Crippen LogP contribution in [0.5, 0.6) is 0 Å². The molecule has 1 aliphatic heterocycles. The van der Waals surface area contributed by atoms with Crippen LogP contribution in [0.25, 0.3) is 16.8 Å². The molecular formula is C25H30N8O2. The van der Waals surface area contributed by atoms with Crippen LogP contribution in [0.15, 0.2) is 49.1 Å². The predicted molar refractivity (Wildman–Crippen MR) is 132 cm³/mol. The van der Waals surface area contributed by atoms with E-state index >= 15 is 0 Å². The van der Waals surface area contributed by atoms with Gasteiger partial charge >= 0.3 is 0 Å². The van der Waals surface area contributed by atoms with Gasteiger partial charge in [0, 0.05) is 55.4 Å². The SMILES string of the molecule is CC(C)c1cnn2ccc(-c3ccnc(Nc4ccn(CC5CCN(C(=O)CO)CC5)n4)n3)cc12. The van der Waals surface area contributed by atoms with Gasteiger partial charge in [-0.15, -0.1) is 0 Å². The van der Waals surface area contributed by atoms with Crippen LogP contribution in [-0.2, 0) is 11.3 Å². The average Bonchev–Trinajstić information content (AvgIpc) is 3.50. The molecule has 1 amide bonds. The maximum absolute atomic E-state index is 11.6. The summed E-state index contributed by atoms with van der Waals surface area (Å²) in [5.74, 6) is 1.81. The van der Waals surface area contributed by atoms with Crippen LogP contribution in [0.1, 0.15) is 38.2 Å². The van der Waals surface area contributed by atoms with Gasteiger partial charge in [-0.1, -0.05) is 13.8 Å². The molecule has 4 aromatic heterocycles. The number of hydrogen-bond acceptors (Lipinski definition) is 7. The number of likely N-dealkylation sites (tertiary alicyclic amines) is 1. The molecule has 1 saturated heterocycles. The van der Waals surface area contributed by atoms with Crippen molar-refractivity contribution in [3.8, 4) is 11.3 Å². The number of carbonyl (C=O) groups is 1.